The van der Waals surface area contributed by atoms with E-state index in [2.05, 4.69) is 5.32 Å². The number of esters is 1. The van der Waals surface area contributed by atoms with Crippen molar-refractivity contribution in [3.8, 4) is 0 Å². The van der Waals surface area contributed by atoms with E-state index in [4.69, 9.17) is 27.9 Å². The Bertz CT molecular complexity index is 881. The number of ether oxygens (including phenoxy) is 1. The van der Waals surface area contributed by atoms with Gasteiger partial charge in [-0.1, -0.05) is 35.3 Å². The molecule has 0 unspecified atom stereocenters. The normalized spacial score (nSPS) is 13.6. The van der Waals surface area contributed by atoms with Crippen LogP contribution in [0.1, 0.15) is 23.2 Å². The van der Waals surface area contributed by atoms with Crippen LogP contribution in [0.15, 0.2) is 42.5 Å². The van der Waals surface area contributed by atoms with Crippen molar-refractivity contribution in [2.75, 3.05) is 23.4 Å². The fourth-order valence-corrected chi connectivity index (χ4v) is 3.34. The number of amides is 2. The van der Waals surface area contributed by atoms with Gasteiger partial charge >= 0.3 is 5.97 Å². The van der Waals surface area contributed by atoms with Gasteiger partial charge in [0.05, 0.1) is 11.3 Å². The Morgan fingerprint density at radius 3 is 2.48 bits per heavy atom. The number of benzene rings is 2. The summed E-state index contributed by atoms with van der Waals surface area (Å²) < 4.78 is 5.10. The summed E-state index contributed by atoms with van der Waals surface area (Å²) in [7, 11) is 0. The second-order valence-electron chi connectivity index (χ2n) is 5.95. The molecule has 0 radical (unpaired) electrons. The van der Waals surface area contributed by atoms with Crippen LogP contribution in [0, 0.1) is 0 Å². The summed E-state index contributed by atoms with van der Waals surface area (Å²) in [4.78, 5) is 38.0. The van der Waals surface area contributed by atoms with Gasteiger partial charge in [0.15, 0.2) is 6.61 Å². The van der Waals surface area contributed by atoms with Crippen molar-refractivity contribution in [1.29, 1.82) is 0 Å². The molecule has 3 rings (SSSR count). The number of para-hydroxylation sites is 1. The van der Waals surface area contributed by atoms with Crippen LogP contribution in [-0.2, 0) is 14.3 Å². The van der Waals surface area contributed by atoms with Crippen molar-refractivity contribution in [3.63, 3.8) is 0 Å². The van der Waals surface area contributed by atoms with E-state index in [1.165, 1.54) is 18.2 Å². The van der Waals surface area contributed by atoms with Gasteiger partial charge in [0.25, 0.3) is 5.91 Å². The molecular weight excluding hydrogens is 391 g/mol. The monoisotopic (exact) mass is 406 g/mol. The molecule has 0 spiro atoms. The van der Waals surface area contributed by atoms with Crippen LogP contribution >= 0.6 is 23.2 Å². The van der Waals surface area contributed by atoms with E-state index in [0.29, 0.717) is 34.4 Å². The maximum Gasteiger partial charge on any atom is 0.340 e. The van der Waals surface area contributed by atoms with Crippen molar-refractivity contribution >= 4 is 52.4 Å². The maximum atomic E-state index is 12.4. The molecule has 1 N–H and O–H groups in total. The lowest BCUT2D eigenvalue weighted by Crippen LogP contribution is -2.27. The van der Waals surface area contributed by atoms with Gasteiger partial charge in [-0.3, -0.25) is 9.59 Å². The van der Waals surface area contributed by atoms with E-state index in [9.17, 15) is 14.4 Å². The quantitative estimate of drug-likeness (QED) is 0.763. The van der Waals surface area contributed by atoms with E-state index in [0.717, 1.165) is 6.42 Å². The minimum atomic E-state index is -0.676. The zero-order valence-corrected chi connectivity index (χ0v) is 15.7. The summed E-state index contributed by atoms with van der Waals surface area (Å²) in [5.41, 5.74) is 1.13. The maximum absolute atomic E-state index is 12.4. The molecule has 0 bridgehead atoms. The smallest absolute Gasteiger partial charge is 0.340 e. The molecular formula is C19H16Cl2N2O4. The molecule has 6 nitrogen and oxygen atoms in total. The van der Waals surface area contributed by atoms with Crippen LogP contribution in [0.5, 0.6) is 0 Å². The first-order chi connectivity index (χ1) is 12.9. The largest absolute Gasteiger partial charge is 0.452 e. The third-order valence-corrected chi connectivity index (χ3v) is 4.41. The molecule has 1 fully saturated rings. The molecule has 0 saturated carbocycles. The second-order valence-corrected chi connectivity index (χ2v) is 6.82. The first-order valence-corrected chi connectivity index (χ1v) is 9.02. The molecule has 2 amide bonds. The summed E-state index contributed by atoms with van der Waals surface area (Å²) in [6.45, 7) is 0.0738. The Balaban J connectivity index is 1.64. The highest BCUT2D eigenvalue weighted by atomic mass is 35.5. The number of nitrogens with one attached hydrogen (secondary N) is 1. The Labute approximate surface area is 166 Å². The average molecular weight is 407 g/mol. The highest BCUT2D eigenvalue weighted by Gasteiger charge is 2.26. The van der Waals surface area contributed by atoms with Gasteiger partial charge in [0.1, 0.15) is 0 Å². The van der Waals surface area contributed by atoms with E-state index < -0.39 is 18.5 Å². The third-order valence-electron chi connectivity index (χ3n) is 3.97. The van der Waals surface area contributed by atoms with Crippen LogP contribution in [0.2, 0.25) is 10.0 Å². The van der Waals surface area contributed by atoms with Gasteiger partial charge in [-0.25, -0.2) is 4.79 Å². The highest BCUT2D eigenvalue weighted by Crippen LogP contribution is 2.26. The summed E-state index contributed by atoms with van der Waals surface area (Å²) in [6.07, 6.45) is 1.20. The van der Waals surface area contributed by atoms with Crippen LogP contribution in [0.25, 0.3) is 0 Å². The van der Waals surface area contributed by atoms with E-state index in [-0.39, 0.29) is 11.5 Å². The number of carbonyl (C=O) groups excluding carboxylic acids is 3. The summed E-state index contributed by atoms with van der Waals surface area (Å²) in [5, 5.41) is 3.31. The SMILES string of the molecule is O=C(COC(=O)c1ccccc1N1CCCC1=O)Nc1cc(Cl)cc(Cl)c1. The molecule has 1 heterocycles. The first kappa shape index (κ1) is 19.2. The molecule has 1 saturated heterocycles. The lowest BCUT2D eigenvalue weighted by atomic mass is 10.1. The van der Waals surface area contributed by atoms with Crippen LogP contribution < -0.4 is 10.2 Å². The number of rotatable bonds is 5. The number of hydrogen-bond acceptors (Lipinski definition) is 4. The first-order valence-electron chi connectivity index (χ1n) is 8.26. The Hall–Kier alpha value is -2.57. The fourth-order valence-electron chi connectivity index (χ4n) is 2.82. The average Bonchev–Trinajstić information content (AvgIpc) is 3.04. The lowest BCUT2D eigenvalue weighted by molar-refractivity contribution is -0.119. The summed E-state index contributed by atoms with van der Waals surface area (Å²) in [6, 6.07) is 11.3. The summed E-state index contributed by atoms with van der Waals surface area (Å²) in [5.74, 6) is -1.24. The Morgan fingerprint density at radius 1 is 1.11 bits per heavy atom. The number of anilines is 2. The highest BCUT2D eigenvalue weighted by molar-refractivity contribution is 6.35. The van der Waals surface area contributed by atoms with Gasteiger partial charge in [-0.15, -0.1) is 0 Å². The van der Waals surface area contributed by atoms with Gasteiger partial charge in [-0.05, 0) is 36.8 Å². The summed E-state index contributed by atoms with van der Waals surface area (Å²) >= 11 is 11.8. The van der Waals surface area contributed by atoms with Crippen molar-refractivity contribution in [1.82, 2.24) is 0 Å². The van der Waals surface area contributed by atoms with Crippen molar-refractivity contribution in [3.05, 3.63) is 58.1 Å². The third kappa shape index (κ3) is 4.78. The van der Waals surface area contributed by atoms with Crippen molar-refractivity contribution < 1.29 is 19.1 Å². The van der Waals surface area contributed by atoms with Gasteiger partial charge in [0.2, 0.25) is 5.91 Å². The minimum Gasteiger partial charge on any atom is -0.452 e. The predicted molar refractivity (Wildman–Crippen MR) is 103 cm³/mol. The number of carbonyl (C=O) groups is 3. The van der Waals surface area contributed by atoms with Crippen LogP contribution in [0.4, 0.5) is 11.4 Å². The lowest BCUT2D eigenvalue weighted by Gasteiger charge is -2.18. The topological polar surface area (TPSA) is 75.7 Å². The molecule has 2 aromatic rings. The molecule has 1 aliphatic rings. The Morgan fingerprint density at radius 2 is 1.81 bits per heavy atom. The molecule has 0 aliphatic carbocycles. The second kappa shape index (κ2) is 8.41. The fraction of sp³-hybridized carbons (Fsp3) is 0.211. The van der Waals surface area contributed by atoms with E-state index in [1.54, 1.807) is 29.2 Å². The molecule has 8 heteroatoms. The number of hydrogen-bond donors (Lipinski definition) is 1. The minimum absolute atomic E-state index is 0.0363. The van der Waals surface area contributed by atoms with E-state index >= 15 is 0 Å². The number of nitrogens with zero attached hydrogens (tertiary/aromatic N) is 1. The molecule has 2 aromatic carbocycles. The molecule has 140 valence electrons. The van der Waals surface area contributed by atoms with Gasteiger partial charge in [-0.2, -0.15) is 0 Å². The van der Waals surface area contributed by atoms with Gasteiger partial charge < -0.3 is 15.0 Å². The molecule has 1 aliphatic heterocycles. The van der Waals surface area contributed by atoms with E-state index in [1.807, 2.05) is 0 Å². The predicted octanol–water partition coefficient (Wildman–Crippen LogP) is 3.92. The number of halogens is 2. The van der Waals surface area contributed by atoms with Crippen molar-refractivity contribution in [2.24, 2.45) is 0 Å². The van der Waals surface area contributed by atoms with Gasteiger partial charge in [0, 0.05) is 28.7 Å². The molecule has 0 atom stereocenters. The van der Waals surface area contributed by atoms with Crippen LogP contribution in [-0.4, -0.2) is 30.9 Å². The zero-order chi connectivity index (χ0) is 19.4. The Kier molecular flexibility index (Phi) is 5.98. The standard InChI is InChI=1S/C19H16Cl2N2O4/c20-12-8-13(21)10-14(9-12)22-17(24)11-27-19(26)15-4-1-2-5-16(15)23-7-3-6-18(23)25/h1-2,4-5,8-10H,3,6-7,11H2,(H,22,24). The molecule has 0 aromatic heterocycles. The van der Waals surface area contributed by atoms with Crippen LogP contribution in [0.3, 0.4) is 0 Å². The van der Waals surface area contributed by atoms with Crippen molar-refractivity contribution in [2.45, 2.75) is 12.8 Å². The molecule has 27 heavy (non-hydrogen) atoms. The zero-order valence-electron chi connectivity index (χ0n) is 14.2.